The molecule has 0 bridgehead atoms. The first-order valence-electron chi connectivity index (χ1n) is 6.22. The second-order valence-corrected chi connectivity index (χ2v) is 5.36. The number of primary amides is 1. The minimum Gasteiger partial charge on any atom is -0.369 e. The average molecular weight is 278 g/mol. The zero-order valence-electron chi connectivity index (χ0n) is 11.1. The minimum atomic E-state index is -0.679. The molecule has 6 heteroatoms. The van der Waals surface area contributed by atoms with Crippen LogP contribution in [0.25, 0.3) is 0 Å². The van der Waals surface area contributed by atoms with E-state index in [9.17, 15) is 9.59 Å². The molecule has 1 rings (SSSR count). The lowest BCUT2D eigenvalue weighted by Gasteiger charge is -2.20. The Balaban J connectivity index is 0.00000289. The van der Waals surface area contributed by atoms with E-state index in [0.717, 1.165) is 19.4 Å². The number of amides is 2. The van der Waals surface area contributed by atoms with Gasteiger partial charge in [0.1, 0.15) is 0 Å². The highest BCUT2D eigenvalue weighted by Crippen LogP contribution is 2.13. The molecule has 1 unspecified atom stereocenters. The van der Waals surface area contributed by atoms with Crippen LogP contribution in [0.1, 0.15) is 39.5 Å². The summed E-state index contributed by atoms with van der Waals surface area (Å²) in [6, 6.07) is 0.477. The molecule has 2 amide bonds. The van der Waals surface area contributed by atoms with Crippen LogP contribution in [0.15, 0.2) is 0 Å². The van der Waals surface area contributed by atoms with E-state index < -0.39 is 11.3 Å². The Bertz CT molecular complexity index is 289. The van der Waals surface area contributed by atoms with Crippen molar-refractivity contribution in [1.29, 1.82) is 0 Å². The quantitative estimate of drug-likeness (QED) is 0.664. The minimum absolute atomic E-state index is 0. The molecular weight excluding hydrogens is 254 g/mol. The first-order valence-corrected chi connectivity index (χ1v) is 6.22. The second-order valence-electron chi connectivity index (χ2n) is 5.36. The molecule has 1 atom stereocenters. The maximum Gasteiger partial charge on any atom is 0.224 e. The number of carbonyl (C=O) groups is 2. The Kier molecular flexibility index (Phi) is 7.25. The largest absolute Gasteiger partial charge is 0.369 e. The van der Waals surface area contributed by atoms with E-state index in [0.29, 0.717) is 19.0 Å². The van der Waals surface area contributed by atoms with Gasteiger partial charge in [0.25, 0.3) is 0 Å². The van der Waals surface area contributed by atoms with Crippen molar-refractivity contribution < 1.29 is 9.59 Å². The molecule has 5 nitrogen and oxygen atoms in total. The van der Waals surface area contributed by atoms with Gasteiger partial charge in [-0.3, -0.25) is 9.59 Å². The van der Waals surface area contributed by atoms with Gasteiger partial charge in [0.05, 0.1) is 5.41 Å². The maximum atomic E-state index is 11.6. The van der Waals surface area contributed by atoms with Gasteiger partial charge in [0.15, 0.2) is 0 Å². The van der Waals surface area contributed by atoms with E-state index in [2.05, 4.69) is 10.6 Å². The Morgan fingerprint density at radius 2 is 2.11 bits per heavy atom. The van der Waals surface area contributed by atoms with E-state index in [4.69, 9.17) is 5.73 Å². The summed E-state index contributed by atoms with van der Waals surface area (Å²) in [5.74, 6) is -0.400. The van der Waals surface area contributed by atoms with Gasteiger partial charge in [-0.05, 0) is 39.7 Å². The normalized spacial score (nSPS) is 19.1. The number of nitrogens with one attached hydrogen (secondary N) is 2. The Morgan fingerprint density at radius 3 is 2.61 bits per heavy atom. The van der Waals surface area contributed by atoms with Gasteiger partial charge in [-0.15, -0.1) is 12.4 Å². The van der Waals surface area contributed by atoms with Gasteiger partial charge in [-0.25, -0.2) is 0 Å². The van der Waals surface area contributed by atoms with Crippen LogP contribution >= 0.6 is 12.4 Å². The van der Waals surface area contributed by atoms with E-state index >= 15 is 0 Å². The van der Waals surface area contributed by atoms with Crippen molar-refractivity contribution in [2.24, 2.45) is 11.1 Å². The summed E-state index contributed by atoms with van der Waals surface area (Å²) in [5.41, 5.74) is 4.55. The fourth-order valence-electron chi connectivity index (χ4n) is 1.80. The van der Waals surface area contributed by atoms with Crippen LogP contribution in [-0.4, -0.2) is 30.9 Å². The average Bonchev–Trinajstić information content (AvgIpc) is 2.76. The number of hydrogen-bond donors (Lipinski definition) is 3. The molecule has 0 saturated carbocycles. The van der Waals surface area contributed by atoms with Gasteiger partial charge in [-0.1, -0.05) is 0 Å². The lowest BCUT2D eigenvalue weighted by molar-refractivity contribution is -0.127. The third-order valence-electron chi connectivity index (χ3n) is 3.28. The van der Waals surface area contributed by atoms with Crippen molar-refractivity contribution >= 4 is 24.2 Å². The van der Waals surface area contributed by atoms with Crippen LogP contribution in [-0.2, 0) is 9.59 Å². The molecule has 1 aliphatic heterocycles. The van der Waals surface area contributed by atoms with Gasteiger partial charge in [0, 0.05) is 19.0 Å². The Morgan fingerprint density at radius 1 is 1.44 bits per heavy atom. The first-order chi connectivity index (χ1) is 7.92. The van der Waals surface area contributed by atoms with Crippen molar-refractivity contribution in [3.8, 4) is 0 Å². The number of nitrogens with two attached hydrogens (primary N) is 1. The summed E-state index contributed by atoms with van der Waals surface area (Å²) in [5, 5.41) is 6.11. The lowest BCUT2D eigenvalue weighted by atomic mass is 9.93. The monoisotopic (exact) mass is 277 g/mol. The van der Waals surface area contributed by atoms with Gasteiger partial charge >= 0.3 is 0 Å². The Labute approximate surface area is 115 Å². The molecule has 1 fully saturated rings. The Hall–Kier alpha value is -0.810. The fourth-order valence-corrected chi connectivity index (χ4v) is 1.80. The fraction of sp³-hybridized carbons (Fsp3) is 0.833. The van der Waals surface area contributed by atoms with Crippen LogP contribution in [0.2, 0.25) is 0 Å². The van der Waals surface area contributed by atoms with Crippen molar-refractivity contribution in [3.05, 3.63) is 0 Å². The topological polar surface area (TPSA) is 84.2 Å². The van der Waals surface area contributed by atoms with Crippen molar-refractivity contribution in [2.75, 3.05) is 13.1 Å². The standard InChI is InChI=1S/C12H23N3O2.ClH/c1-12(2,11(13)17)8-15-10(16)6-5-9-4-3-7-14-9;/h9,14H,3-8H2,1-2H3,(H2,13,17)(H,15,16);1H. The zero-order chi connectivity index (χ0) is 12.9. The van der Waals surface area contributed by atoms with Gasteiger partial charge in [0.2, 0.25) is 11.8 Å². The molecule has 1 aliphatic rings. The summed E-state index contributed by atoms with van der Waals surface area (Å²) in [4.78, 5) is 22.6. The van der Waals surface area contributed by atoms with Crippen molar-refractivity contribution in [1.82, 2.24) is 10.6 Å². The first kappa shape index (κ1) is 17.2. The molecule has 0 aliphatic carbocycles. The molecule has 18 heavy (non-hydrogen) atoms. The van der Waals surface area contributed by atoms with Gasteiger partial charge < -0.3 is 16.4 Å². The smallest absolute Gasteiger partial charge is 0.224 e. The van der Waals surface area contributed by atoms with Crippen LogP contribution < -0.4 is 16.4 Å². The molecule has 0 radical (unpaired) electrons. The van der Waals surface area contributed by atoms with Crippen LogP contribution in [0, 0.1) is 5.41 Å². The predicted molar refractivity (Wildman–Crippen MR) is 73.5 cm³/mol. The molecule has 1 saturated heterocycles. The van der Waals surface area contributed by atoms with E-state index in [1.807, 2.05) is 0 Å². The summed E-state index contributed by atoms with van der Waals surface area (Å²) in [6.07, 6.45) is 3.72. The SMILES string of the molecule is CC(C)(CNC(=O)CCC1CCCN1)C(N)=O.Cl. The molecule has 1 heterocycles. The lowest BCUT2D eigenvalue weighted by Crippen LogP contribution is -2.42. The number of hydrogen-bond acceptors (Lipinski definition) is 3. The van der Waals surface area contributed by atoms with E-state index in [1.165, 1.54) is 6.42 Å². The molecule has 0 aromatic carbocycles. The highest BCUT2D eigenvalue weighted by molar-refractivity contribution is 5.85. The predicted octanol–water partition coefficient (Wildman–Crippen LogP) is 0.568. The highest BCUT2D eigenvalue weighted by atomic mass is 35.5. The number of rotatable bonds is 6. The van der Waals surface area contributed by atoms with E-state index in [-0.39, 0.29) is 18.3 Å². The van der Waals surface area contributed by atoms with Crippen molar-refractivity contribution in [2.45, 2.75) is 45.6 Å². The van der Waals surface area contributed by atoms with Crippen molar-refractivity contribution in [3.63, 3.8) is 0 Å². The summed E-state index contributed by atoms with van der Waals surface area (Å²) in [7, 11) is 0. The third kappa shape index (κ3) is 5.69. The molecule has 0 aromatic rings. The summed E-state index contributed by atoms with van der Waals surface area (Å²) >= 11 is 0. The van der Waals surface area contributed by atoms with E-state index in [1.54, 1.807) is 13.8 Å². The van der Waals surface area contributed by atoms with Crippen LogP contribution in [0.5, 0.6) is 0 Å². The maximum absolute atomic E-state index is 11.6. The summed E-state index contributed by atoms with van der Waals surface area (Å²) < 4.78 is 0. The second kappa shape index (κ2) is 7.59. The molecular formula is C12H24ClN3O2. The van der Waals surface area contributed by atoms with Crippen LogP contribution in [0.4, 0.5) is 0 Å². The zero-order valence-corrected chi connectivity index (χ0v) is 11.9. The number of carbonyl (C=O) groups excluding carboxylic acids is 2. The molecule has 0 aromatic heterocycles. The molecule has 4 N–H and O–H groups in total. The molecule has 0 spiro atoms. The highest BCUT2D eigenvalue weighted by Gasteiger charge is 2.25. The van der Waals surface area contributed by atoms with Crippen LogP contribution in [0.3, 0.4) is 0 Å². The third-order valence-corrected chi connectivity index (χ3v) is 3.28. The molecule has 106 valence electrons. The number of halogens is 1. The summed E-state index contributed by atoms with van der Waals surface area (Å²) in [6.45, 7) is 4.82. The van der Waals surface area contributed by atoms with Gasteiger partial charge in [-0.2, -0.15) is 0 Å².